The van der Waals surface area contributed by atoms with E-state index in [1.807, 2.05) is 12.1 Å². The number of carbonyl (C=O) groups is 1. The Hall–Kier alpha value is -2.27. The van der Waals surface area contributed by atoms with Crippen molar-refractivity contribution >= 4 is 17.5 Å². The number of benzene rings is 1. The fourth-order valence-corrected chi connectivity index (χ4v) is 2.48. The number of pyridine rings is 1. The fourth-order valence-electron chi connectivity index (χ4n) is 2.31. The number of carbonyl (C=O) groups excluding carboxylic acids is 1. The number of aromatic nitrogens is 1. The van der Waals surface area contributed by atoms with E-state index in [4.69, 9.17) is 21.1 Å². The zero-order chi connectivity index (χ0) is 15.5. The van der Waals surface area contributed by atoms with E-state index in [1.54, 1.807) is 35.5 Å². The third-order valence-electron chi connectivity index (χ3n) is 3.46. The summed E-state index contributed by atoms with van der Waals surface area (Å²) in [6, 6.07) is 8.67. The summed E-state index contributed by atoms with van der Waals surface area (Å²) in [5, 5.41) is 0.507. The Bertz CT molecular complexity index is 672. The van der Waals surface area contributed by atoms with Gasteiger partial charge in [0.15, 0.2) is 0 Å². The Kier molecular flexibility index (Phi) is 4.15. The van der Waals surface area contributed by atoms with Crippen LogP contribution in [0.25, 0.3) is 0 Å². The molecule has 1 fully saturated rings. The maximum absolute atomic E-state index is 12.5. The highest BCUT2D eigenvalue weighted by Crippen LogP contribution is 2.26. The van der Waals surface area contributed by atoms with Gasteiger partial charge in [0.1, 0.15) is 17.6 Å². The molecule has 1 aromatic heterocycles. The third-order valence-corrected chi connectivity index (χ3v) is 3.70. The number of ether oxygens (including phenoxy) is 2. The number of likely N-dealkylation sites (tertiary alicyclic amines) is 1. The molecule has 0 radical (unpaired) electrons. The van der Waals surface area contributed by atoms with E-state index in [9.17, 15) is 4.79 Å². The van der Waals surface area contributed by atoms with E-state index in [0.29, 0.717) is 35.2 Å². The normalized spacial score (nSPS) is 14.4. The molecule has 1 aliphatic rings. The number of amides is 1. The van der Waals surface area contributed by atoms with Crippen LogP contribution < -0.4 is 9.47 Å². The number of hydrogen-bond donors (Lipinski definition) is 0. The molecule has 0 spiro atoms. The van der Waals surface area contributed by atoms with Crippen molar-refractivity contribution in [2.75, 3.05) is 20.2 Å². The van der Waals surface area contributed by atoms with Gasteiger partial charge in [0, 0.05) is 11.2 Å². The molecule has 114 valence electrons. The van der Waals surface area contributed by atoms with Gasteiger partial charge in [0.05, 0.1) is 32.0 Å². The van der Waals surface area contributed by atoms with E-state index in [0.717, 1.165) is 0 Å². The first-order valence-corrected chi connectivity index (χ1v) is 7.24. The highest BCUT2D eigenvalue weighted by molar-refractivity contribution is 6.31. The van der Waals surface area contributed by atoms with E-state index in [2.05, 4.69) is 4.98 Å². The smallest absolute Gasteiger partial charge is 0.257 e. The Morgan fingerprint density at radius 1 is 1.36 bits per heavy atom. The molecular weight excluding hydrogens is 304 g/mol. The Morgan fingerprint density at radius 2 is 2.18 bits per heavy atom. The van der Waals surface area contributed by atoms with Crippen LogP contribution in [0.5, 0.6) is 11.5 Å². The predicted molar refractivity (Wildman–Crippen MR) is 82.6 cm³/mol. The van der Waals surface area contributed by atoms with Crippen LogP contribution in [0, 0.1) is 0 Å². The zero-order valence-corrected chi connectivity index (χ0v) is 12.8. The van der Waals surface area contributed by atoms with Crippen molar-refractivity contribution in [2.24, 2.45) is 0 Å². The number of nitrogens with zero attached hydrogens (tertiary/aromatic N) is 2. The maximum Gasteiger partial charge on any atom is 0.257 e. The zero-order valence-electron chi connectivity index (χ0n) is 12.0. The van der Waals surface area contributed by atoms with Crippen molar-refractivity contribution in [2.45, 2.75) is 6.10 Å². The van der Waals surface area contributed by atoms with Crippen LogP contribution in [0.2, 0.25) is 5.02 Å². The molecule has 0 saturated carbocycles. The van der Waals surface area contributed by atoms with Crippen LogP contribution in [0.1, 0.15) is 10.4 Å². The Balaban J connectivity index is 1.63. The second kappa shape index (κ2) is 6.23. The number of methoxy groups -OCH3 is 1. The summed E-state index contributed by atoms with van der Waals surface area (Å²) >= 11 is 5.96. The summed E-state index contributed by atoms with van der Waals surface area (Å²) in [4.78, 5) is 18.2. The molecule has 1 aliphatic heterocycles. The first-order valence-electron chi connectivity index (χ1n) is 6.87. The molecule has 5 nitrogen and oxygen atoms in total. The lowest BCUT2D eigenvalue weighted by molar-refractivity contribution is 0.0174. The molecule has 2 heterocycles. The maximum atomic E-state index is 12.5. The molecule has 0 aliphatic carbocycles. The van der Waals surface area contributed by atoms with E-state index in [-0.39, 0.29) is 12.0 Å². The van der Waals surface area contributed by atoms with E-state index < -0.39 is 0 Å². The van der Waals surface area contributed by atoms with E-state index in [1.165, 1.54) is 7.11 Å². The SMILES string of the molecule is COc1ccc(Cl)cc1C(=O)N1CC(Oc2cccnc2)C1. The largest absolute Gasteiger partial charge is 0.496 e. The van der Waals surface area contributed by atoms with Gasteiger partial charge in [-0.3, -0.25) is 9.78 Å². The van der Waals surface area contributed by atoms with Gasteiger partial charge in [0.2, 0.25) is 0 Å². The van der Waals surface area contributed by atoms with Crippen LogP contribution >= 0.6 is 11.6 Å². The van der Waals surface area contributed by atoms with Crippen molar-refractivity contribution in [3.8, 4) is 11.5 Å². The summed E-state index contributed by atoms with van der Waals surface area (Å²) in [7, 11) is 1.53. The molecule has 6 heteroatoms. The summed E-state index contributed by atoms with van der Waals surface area (Å²) in [6.45, 7) is 1.06. The molecule has 1 amide bonds. The monoisotopic (exact) mass is 318 g/mol. The first-order chi connectivity index (χ1) is 10.7. The average Bonchev–Trinajstić information content (AvgIpc) is 2.51. The van der Waals surface area contributed by atoms with Gasteiger partial charge in [0.25, 0.3) is 5.91 Å². The second-order valence-corrected chi connectivity index (χ2v) is 5.42. The summed E-state index contributed by atoms with van der Waals surface area (Å²) in [5.41, 5.74) is 0.467. The van der Waals surface area contributed by atoms with Gasteiger partial charge in [-0.25, -0.2) is 0 Å². The molecule has 1 aromatic carbocycles. The van der Waals surface area contributed by atoms with Gasteiger partial charge in [-0.2, -0.15) is 0 Å². The standard InChI is InChI=1S/C16H15ClN2O3/c1-21-15-5-4-11(17)7-14(15)16(20)19-9-13(10-19)22-12-3-2-6-18-8-12/h2-8,13H,9-10H2,1H3. The first kappa shape index (κ1) is 14.7. The van der Waals surface area contributed by atoms with Gasteiger partial charge < -0.3 is 14.4 Å². The van der Waals surface area contributed by atoms with Crippen molar-refractivity contribution in [1.29, 1.82) is 0 Å². The van der Waals surface area contributed by atoms with Crippen molar-refractivity contribution in [3.63, 3.8) is 0 Å². The second-order valence-electron chi connectivity index (χ2n) is 4.98. The van der Waals surface area contributed by atoms with Crippen LogP contribution in [-0.4, -0.2) is 42.1 Å². The number of halogens is 1. The number of rotatable bonds is 4. The molecule has 2 aromatic rings. The van der Waals surface area contributed by atoms with Crippen molar-refractivity contribution in [1.82, 2.24) is 9.88 Å². The van der Waals surface area contributed by atoms with Gasteiger partial charge in [-0.15, -0.1) is 0 Å². The number of hydrogen-bond acceptors (Lipinski definition) is 4. The lowest BCUT2D eigenvalue weighted by atomic mass is 10.1. The van der Waals surface area contributed by atoms with Gasteiger partial charge in [-0.05, 0) is 30.3 Å². The lowest BCUT2D eigenvalue weighted by Gasteiger charge is -2.39. The molecule has 0 bridgehead atoms. The molecule has 3 rings (SSSR count). The Labute approximate surface area is 133 Å². The summed E-state index contributed by atoms with van der Waals surface area (Å²) in [6.07, 6.45) is 3.33. The van der Waals surface area contributed by atoms with E-state index >= 15 is 0 Å². The van der Waals surface area contributed by atoms with Crippen LogP contribution in [0.4, 0.5) is 0 Å². The highest BCUT2D eigenvalue weighted by Gasteiger charge is 2.34. The highest BCUT2D eigenvalue weighted by atomic mass is 35.5. The lowest BCUT2D eigenvalue weighted by Crippen LogP contribution is -2.56. The molecule has 1 saturated heterocycles. The van der Waals surface area contributed by atoms with Crippen molar-refractivity contribution < 1.29 is 14.3 Å². The van der Waals surface area contributed by atoms with Gasteiger partial charge in [-0.1, -0.05) is 11.6 Å². The topological polar surface area (TPSA) is 51.7 Å². The fraction of sp³-hybridized carbons (Fsp3) is 0.250. The van der Waals surface area contributed by atoms with Crippen LogP contribution in [0.3, 0.4) is 0 Å². The quantitative estimate of drug-likeness (QED) is 0.869. The van der Waals surface area contributed by atoms with Crippen molar-refractivity contribution in [3.05, 3.63) is 53.3 Å². The minimum Gasteiger partial charge on any atom is -0.496 e. The Morgan fingerprint density at radius 3 is 2.86 bits per heavy atom. The predicted octanol–water partition coefficient (Wildman–Crippen LogP) is 2.65. The summed E-state index contributed by atoms with van der Waals surface area (Å²) in [5.74, 6) is 1.12. The minimum absolute atomic E-state index is 0.0154. The molecule has 22 heavy (non-hydrogen) atoms. The van der Waals surface area contributed by atoms with Crippen LogP contribution in [-0.2, 0) is 0 Å². The van der Waals surface area contributed by atoms with Crippen LogP contribution in [0.15, 0.2) is 42.7 Å². The van der Waals surface area contributed by atoms with Gasteiger partial charge >= 0.3 is 0 Å². The third kappa shape index (κ3) is 2.99. The molecule has 0 unspecified atom stereocenters. The molecule has 0 atom stereocenters. The molecular formula is C16H15ClN2O3. The molecule has 0 N–H and O–H groups in total. The minimum atomic E-state index is -0.106. The average molecular weight is 319 g/mol. The summed E-state index contributed by atoms with van der Waals surface area (Å²) < 4.78 is 11.0.